The maximum atomic E-state index is 5.51. The molecule has 8 heteroatoms. The molecule has 0 aliphatic carbocycles. The molecule has 0 saturated carbocycles. The number of rotatable bonds is 8. The van der Waals surface area contributed by atoms with Crippen LogP contribution in [0.3, 0.4) is 0 Å². The SMILES string of the molecule is CCC(CC)C(CNC(=NC)NCc1nc(C)no1)N1CCOCC1. The zero-order valence-corrected chi connectivity index (χ0v) is 15.9. The van der Waals surface area contributed by atoms with Crippen LogP contribution >= 0.6 is 0 Å². The van der Waals surface area contributed by atoms with E-state index in [1.165, 1.54) is 12.8 Å². The second-order valence-electron chi connectivity index (χ2n) is 6.33. The smallest absolute Gasteiger partial charge is 0.246 e. The molecule has 8 nitrogen and oxygen atoms in total. The normalized spacial score (nSPS) is 17.7. The average Bonchev–Trinajstić information content (AvgIpc) is 3.07. The van der Waals surface area contributed by atoms with Crippen molar-refractivity contribution in [3.05, 3.63) is 11.7 Å². The van der Waals surface area contributed by atoms with Gasteiger partial charge in [-0.3, -0.25) is 9.89 Å². The summed E-state index contributed by atoms with van der Waals surface area (Å²) in [7, 11) is 1.77. The first kappa shape index (κ1) is 19.7. The molecular weight excluding hydrogens is 320 g/mol. The number of nitrogens with one attached hydrogen (secondary N) is 2. The second kappa shape index (κ2) is 10.4. The number of aryl methyl sites for hydroxylation is 1. The molecule has 25 heavy (non-hydrogen) atoms. The van der Waals surface area contributed by atoms with Crippen molar-refractivity contribution < 1.29 is 9.26 Å². The highest BCUT2D eigenvalue weighted by Gasteiger charge is 2.27. The van der Waals surface area contributed by atoms with Crippen LogP contribution in [-0.4, -0.2) is 66.9 Å². The van der Waals surface area contributed by atoms with Crippen LogP contribution in [0.15, 0.2) is 9.52 Å². The Hall–Kier alpha value is -1.67. The zero-order valence-electron chi connectivity index (χ0n) is 15.9. The molecule has 0 radical (unpaired) electrons. The summed E-state index contributed by atoms with van der Waals surface area (Å²) < 4.78 is 10.6. The van der Waals surface area contributed by atoms with Crippen LogP contribution in [0.5, 0.6) is 0 Å². The third kappa shape index (κ3) is 5.97. The Morgan fingerprint density at radius 1 is 1.24 bits per heavy atom. The van der Waals surface area contributed by atoms with E-state index in [0.29, 0.717) is 30.2 Å². The van der Waals surface area contributed by atoms with E-state index in [1.807, 2.05) is 6.92 Å². The Labute approximate surface area is 150 Å². The molecule has 1 unspecified atom stereocenters. The number of ether oxygens (including phenoxy) is 1. The van der Waals surface area contributed by atoms with E-state index < -0.39 is 0 Å². The number of guanidine groups is 1. The van der Waals surface area contributed by atoms with Crippen LogP contribution in [0.4, 0.5) is 0 Å². The van der Waals surface area contributed by atoms with E-state index in [1.54, 1.807) is 7.05 Å². The summed E-state index contributed by atoms with van der Waals surface area (Å²) in [4.78, 5) is 11.0. The first-order valence-electron chi connectivity index (χ1n) is 9.23. The maximum Gasteiger partial charge on any atom is 0.246 e. The Morgan fingerprint density at radius 2 is 1.96 bits per heavy atom. The van der Waals surface area contributed by atoms with Crippen LogP contribution in [-0.2, 0) is 11.3 Å². The van der Waals surface area contributed by atoms with E-state index in [-0.39, 0.29) is 0 Å². The van der Waals surface area contributed by atoms with Gasteiger partial charge in [-0.15, -0.1) is 0 Å². The lowest BCUT2D eigenvalue weighted by Crippen LogP contribution is -2.53. The van der Waals surface area contributed by atoms with Gasteiger partial charge < -0.3 is 19.9 Å². The second-order valence-corrected chi connectivity index (χ2v) is 6.33. The van der Waals surface area contributed by atoms with Gasteiger partial charge in [0, 0.05) is 32.7 Å². The Morgan fingerprint density at radius 3 is 2.52 bits per heavy atom. The minimum Gasteiger partial charge on any atom is -0.379 e. The van der Waals surface area contributed by atoms with Gasteiger partial charge in [-0.25, -0.2) is 0 Å². The van der Waals surface area contributed by atoms with Gasteiger partial charge in [0.05, 0.1) is 19.8 Å². The zero-order chi connectivity index (χ0) is 18.1. The molecule has 142 valence electrons. The molecule has 1 aromatic rings. The van der Waals surface area contributed by atoms with Gasteiger partial charge in [0.2, 0.25) is 5.89 Å². The van der Waals surface area contributed by atoms with Crippen molar-refractivity contribution in [3.63, 3.8) is 0 Å². The molecule has 1 fully saturated rings. The van der Waals surface area contributed by atoms with Gasteiger partial charge >= 0.3 is 0 Å². The first-order chi connectivity index (χ1) is 12.2. The highest BCUT2D eigenvalue weighted by molar-refractivity contribution is 5.79. The lowest BCUT2D eigenvalue weighted by molar-refractivity contribution is 0.00272. The molecule has 0 amide bonds. The fourth-order valence-electron chi connectivity index (χ4n) is 3.33. The van der Waals surface area contributed by atoms with Gasteiger partial charge in [-0.05, 0) is 12.8 Å². The minimum absolute atomic E-state index is 0.466. The van der Waals surface area contributed by atoms with Gasteiger partial charge in [0.15, 0.2) is 11.8 Å². The molecule has 1 aliphatic rings. The highest BCUT2D eigenvalue weighted by Crippen LogP contribution is 2.19. The van der Waals surface area contributed by atoms with Crippen molar-refractivity contribution in [2.24, 2.45) is 10.9 Å². The van der Waals surface area contributed by atoms with E-state index in [4.69, 9.17) is 9.26 Å². The largest absolute Gasteiger partial charge is 0.379 e. The van der Waals surface area contributed by atoms with Crippen LogP contribution in [0, 0.1) is 12.8 Å². The van der Waals surface area contributed by atoms with E-state index in [0.717, 1.165) is 38.8 Å². The molecule has 1 saturated heterocycles. The third-order valence-electron chi connectivity index (χ3n) is 4.79. The summed E-state index contributed by atoms with van der Waals surface area (Å²) in [5.74, 6) is 2.60. The van der Waals surface area contributed by atoms with Crippen LogP contribution in [0.2, 0.25) is 0 Å². The summed E-state index contributed by atoms with van der Waals surface area (Å²) in [5.41, 5.74) is 0. The van der Waals surface area contributed by atoms with Gasteiger partial charge in [-0.2, -0.15) is 4.98 Å². The van der Waals surface area contributed by atoms with Crippen molar-refractivity contribution in [1.29, 1.82) is 0 Å². The van der Waals surface area contributed by atoms with Crippen molar-refractivity contribution in [2.75, 3.05) is 39.9 Å². The predicted molar refractivity (Wildman–Crippen MR) is 97.5 cm³/mol. The summed E-state index contributed by atoms with van der Waals surface area (Å²) >= 11 is 0. The maximum absolute atomic E-state index is 5.51. The summed E-state index contributed by atoms with van der Waals surface area (Å²) in [6, 6.07) is 0.475. The standard InChI is InChI=1S/C17H32N6O2/c1-5-14(6-2)15(23-7-9-24-10-8-23)11-19-17(18-4)20-12-16-21-13(3)22-25-16/h14-15H,5-12H2,1-4H3,(H2,18,19,20). The molecule has 2 rings (SSSR count). The first-order valence-corrected chi connectivity index (χ1v) is 9.23. The Bertz CT molecular complexity index is 523. The van der Waals surface area contributed by atoms with Crippen molar-refractivity contribution in [1.82, 2.24) is 25.7 Å². The molecule has 1 aliphatic heterocycles. The summed E-state index contributed by atoms with van der Waals surface area (Å²) in [5, 5.41) is 10.5. The average molecular weight is 352 g/mol. The molecule has 1 aromatic heterocycles. The van der Waals surface area contributed by atoms with Gasteiger partial charge in [0.25, 0.3) is 0 Å². The van der Waals surface area contributed by atoms with Crippen molar-refractivity contribution in [3.8, 4) is 0 Å². The van der Waals surface area contributed by atoms with E-state index in [2.05, 4.69) is 44.5 Å². The predicted octanol–water partition coefficient (Wildman–Crippen LogP) is 1.18. The number of nitrogens with zero attached hydrogens (tertiary/aromatic N) is 4. The van der Waals surface area contributed by atoms with Crippen LogP contribution < -0.4 is 10.6 Å². The fourth-order valence-corrected chi connectivity index (χ4v) is 3.33. The lowest BCUT2D eigenvalue weighted by Gasteiger charge is -2.39. The van der Waals surface area contributed by atoms with Crippen molar-refractivity contribution >= 4 is 5.96 Å². The molecule has 1 atom stereocenters. The summed E-state index contributed by atoms with van der Waals surface area (Å²) in [6.07, 6.45) is 2.35. The topological polar surface area (TPSA) is 87.8 Å². The molecule has 0 bridgehead atoms. The fraction of sp³-hybridized carbons (Fsp3) is 0.824. The molecule has 2 N–H and O–H groups in total. The monoisotopic (exact) mass is 352 g/mol. The quantitative estimate of drug-likeness (QED) is 0.536. The number of hydrogen-bond donors (Lipinski definition) is 2. The minimum atomic E-state index is 0.466. The number of hydrogen-bond acceptors (Lipinski definition) is 6. The highest BCUT2D eigenvalue weighted by atomic mass is 16.5. The van der Waals surface area contributed by atoms with Crippen molar-refractivity contribution in [2.45, 2.75) is 46.2 Å². The molecular formula is C17H32N6O2. The van der Waals surface area contributed by atoms with E-state index in [9.17, 15) is 0 Å². The summed E-state index contributed by atoms with van der Waals surface area (Å²) in [6.45, 7) is 11.3. The molecule has 2 heterocycles. The Balaban J connectivity index is 1.89. The molecule has 0 aromatic carbocycles. The van der Waals surface area contributed by atoms with E-state index >= 15 is 0 Å². The lowest BCUT2D eigenvalue weighted by atomic mass is 9.92. The third-order valence-corrected chi connectivity index (χ3v) is 4.79. The number of aromatic nitrogens is 2. The van der Waals surface area contributed by atoms with Gasteiger partial charge in [0.1, 0.15) is 0 Å². The van der Waals surface area contributed by atoms with Crippen LogP contribution in [0.1, 0.15) is 38.4 Å². The Kier molecular flexibility index (Phi) is 8.14. The number of morpholine rings is 1. The van der Waals surface area contributed by atoms with Gasteiger partial charge in [-0.1, -0.05) is 31.8 Å². The number of aliphatic imine (C=N–C) groups is 1. The van der Waals surface area contributed by atoms with Crippen LogP contribution in [0.25, 0.3) is 0 Å². The molecule has 0 spiro atoms.